The molecule has 10 N–H and O–H groups in total. The minimum absolute atomic E-state index is 0. The van der Waals surface area contributed by atoms with E-state index in [1.54, 1.807) is 12.1 Å². The van der Waals surface area contributed by atoms with Crippen LogP contribution in [0.1, 0.15) is 64.4 Å². The van der Waals surface area contributed by atoms with E-state index in [2.05, 4.69) is 38.8 Å². The number of carboxylic acid groups (broad SMARTS) is 2. The summed E-state index contributed by atoms with van der Waals surface area (Å²) in [4.78, 5) is 23.0. The third-order valence-electron chi connectivity index (χ3n) is 4.37. The summed E-state index contributed by atoms with van der Waals surface area (Å²) in [6.07, 6.45) is 5.57. The second kappa shape index (κ2) is 12.5. The molecular formula is C21H26Br2N2O6. The predicted octanol–water partition coefficient (Wildman–Crippen LogP) is 6.36. The van der Waals surface area contributed by atoms with Gasteiger partial charge in [0, 0.05) is 0 Å². The molecule has 0 aromatic heterocycles. The van der Waals surface area contributed by atoms with Gasteiger partial charge in [-0.3, -0.25) is 0 Å². The summed E-state index contributed by atoms with van der Waals surface area (Å²) in [5, 5.41) is 38.8. The number of benzene rings is 2. The quantitative estimate of drug-likeness (QED) is 0.201. The highest BCUT2D eigenvalue weighted by molar-refractivity contribution is 9.10. The molecule has 2 aromatic rings. The lowest BCUT2D eigenvalue weighted by Gasteiger charge is -2.14. The van der Waals surface area contributed by atoms with E-state index in [-0.39, 0.29) is 43.9 Å². The molecule has 0 fully saturated rings. The number of unbranched alkanes of at least 4 members (excludes halogenated alkanes) is 3. The molecule has 2 aromatic carbocycles. The molecule has 0 aliphatic heterocycles. The van der Waals surface area contributed by atoms with Crippen molar-refractivity contribution in [3.8, 4) is 11.5 Å². The number of carbonyl (C=O) groups is 2. The third kappa shape index (κ3) is 6.79. The summed E-state index contributed by atoms with van der Waals surface area (Å²) >= 11 is 6.36. The zero-order valence-corrected chi connectivity index (χ0v) is 20.2. The average Bonchev–Trinajstić information content (AvgIpc) is 2.65. The normalized spacial score (nSPS) is 9.90. The summed E-state index contributed by atoms with van der Waals surface area (Å²) in [5.74, 6) is -3.34. The first-order valence-corrected chi connectivity index (χ1v) is 10.5. The molecule has 10 heteroatoms. The SMILES string of the molecule is CCCCCC=C(c1cc(Br)c(O)c(C(=O)O)c1)c1cc(Br)c(O)c(C(=O)O)c1.N.N. The van der Waals surface area contributed by atoms with Crippen LogP contribution < -0.4 is 12.3 Å². The number of carboxylic acids is 2. The smallest absolute Gasteiger partial charge is 0.339 e. The van der Waals surface area contributed by atoms with Crippen molar-refractivity contribution >= 4 is 49.4 Å². The van der Waals surface area contributed by atoms with Gasteiger partial charge in [-0.25, -0.2) is 9.59 Å². The minimum atomic E-state index is -1.28. The number of hydrogen-bond acceptors (Lipinski definition) is 6. The van der Waals surface area contributed by atoms with Crippen molar-refractivity contribution in [2.45, 2.75) is 32.6 Å². The molecule has 0 spiro atoms. The van der Waals surface area contributed by atoms with Crippen molar-refractivity contribution in [2.24, 2.45) is 0 Å². The first-order chi connectivity index (χ1) is 13.7. The van der Waals surface area contributed by atoms with Gasteiger partial charge in [0.1, 0.15) is 22.6 Å². The molecule has 0 saturated heterocycles. The molecule has 0 unspecified atom stereocenters. The summed E-state index contributed by atoms with van der Waals surface area (Å²) in [6, 6.07) is 5.84. The van der Waals surface area contributed by atoms with Crippen LogP contribution in [0, 0.1) is 0 Å². The zero-order chi connectivity index (χ0) is 21.7. The average molecular weight is 562 g/mol. The van der Waals surface area contributed by atoms with Crippen molar-refractivity contribution in [3.05, 3.63) is 61.5 Å². The van der Waals surface area contributed by atoms with E-state index >= 15 is 0 Å². The molecule has 31 heavy (non-hydrogen) atoms. The number of aromatic carboxylic acids is 2. The molecule has 0 bridgehead atoms. The lowest BCUT2D eigenvalue weighted by molar-refractivity contribution is 0.0682. The Hall–Kier alpha value is -2.40. The topological polar surface area (TPSA) is 185 Å². The number of halogens is 2. The van der Waals surface area contributed by atoms with E-state index in [1.165, 1.54) is 12.1 Å². The van der Waals surface area contributed by atoms with E-state index in [0.29, 0.717) is 23.1 Å². The Bertz CT molecular complexity index is 921. The Morgan fingerprint density at radius 3 is 1.61 bits per heavy atom. The van der Waals surface area contributed by atoms with Gasteiger partial charge < -0.3 is 32.7 Å². The van der Waals surface area contributed by atoms with Crippen molar-refractivity contribution < 1.29 is 30.0 Å². The molecule has 8 nitrogen and oxygen atoms in total. The molecule has 0 aliphatic carbocycles. The standard InChI is InChI=1S/C21H20Br2O6.2H3N/c1-2-3-4-5-6-13(11-7-14(20(26)27)18(24)16(22)9-11)12-8-15(21(28)29)19(25)17(23)10-12;;/h6-10,24-25H,2-5H2,1H3,(H,26,27)(H,28,29);2*1H3. The van der Waals surface area contributed by atoms with Gasteiger partial charge in [0.2, 0.25) is 0 Å². The van der Waals surface area contributed by atoms with Crippen molar-refractivity contribution in [1.82, 2.24) is 12.3 Å². The highest BCUT2D eigenvalue weighted by atomic mass is 79.9. The molecule has 0 saturated carbocycles. The summed E-state index contributed by atoms with van der Waals surface area (Å²) in [5.41, 5.74) is 1.05. The number of aromatic hydroxyl groups is 2. The Morgan fingerprint density at radius 2 is 1.26 bits per heavy atom. The Labute approximate surface area is 197 Å². The molecule has 0 atom stereocenters. The molecule has 0 amide bonds. The van der Waals surface area contributed by atoms with Crippen LogP contribution in [0.15, 0.2) is 39.3 Å². The maximum Gasteiger partial charge on any atom is 0.339 e. The second-order valence-corrected chi connectivity index (χ2v) is 8.14. The predicted molar refractivity (Wildman–Crippen MR) is 127 cm³/mol. The first kappa shape index (κ1) is 28.6. The van der Waals surface area contributed by atoms with Gasteiger partial charge >= 0.3 is 11.9 Å². The van der Waals surface area contributed by atoms with Crippen LogP contribution in [0.5, 0.6) is 11.5 Å². The largest absolute Gasteiger partial charge is 0.506 e. The van der Waals surface area contributed by atoms with Gasteiger partial charge in [0.05, 0.1) is 8.95 Å². The maximum atomic E-state index is 11.5. The van der Waals surface area contributed by atoms with E-state index < -0.39 is 11.9 Å². The van der Waals surface area contributed by atoms with Gasteiger partial charge in [-0.2, -0.15) is 0 Å². The highest BCUT2D eigenvalue weighted by Gasteiger charge is 2.20. The second-order valence-electron chi connectivity index (χ2n) is 6.43. The van der Waals surface area contributed by atoms with Gasteiger partial charge in [-0.05, 0) is 85.7 Å². The van der Waals surface area contributed by atoms with Crippen LogP contribution in [0.4, 0.5) is 0 Å². The van der Waals surface area contributed by atoms with Crippen LogP contribution in [-0.4, -0.2) is 32.4 Å². The number of allylic oxidation sites excluding steroid dienone is 1. The van der Waals surface area contributed by atoms with Crippen LogP contribution in [0.2, 0.25) is 0 Å². The Morgan fingerprint density at radius 1 is 0.839 bits per heavy atom. The maximum absolute atomic E-state index is 11.5. The highest BCUT2D eigenvalue weighted by Crippen LogP contribution is 2.38. The molecule has 0 aliphatic rings. The van der Waals surface area contributed by atoms with Crippen LogP contribution in [0.25, 0.3) is 5.57 Å². The monoisotopic (exact) mass is 560 g/mol. The number of phenols is 2. The molecular weight excluding hydrogens is 536 g/mol. The molecule has 170 valence electrons. The Kier molecular flexibility index (Phi) is 11.5. The lowest BCUT2D eigenvalue weighted by Crippen LogP contribution is -2.02. The fourth-order valence-corrected chi connectivity index (χ4v) is 3.80. The van der Waals surface area contributed by atoms with E-state index in [9.17, 15) is 30.0 Å². The minimum Gasteiger partial charge on any atom is -0.506 e. The van der Waals surface area contributed by atoms with Gasteiger partial charge in [-0.15, -0.1) is 0 Å². The van der Waals surface area contributed by atoms with E-state index in [4.69, 9.17) is 0 Å². The van der Waals surface area contributed by atoms with Crippen molar-refractivity contribution in [3.63, 3.8) is 0 Å². The summed E-state index contributed by atoms with van der Waals surface area (Å²) in [6.45, 7) is 2.08. The first-order valence-electron chi connectivity index (χ1n) is 8.89. The molecule has 0 heterocycles. The fourth-order valence-electron chi connectivity index (χ4n) is 2.88. The van der Waals surface area contributed by atoms with Crippen molar-refractivity contribution in [1.29, 1.82) is 0 Å². The number of hydrogen-bond donors (Lipinski definition) is 6. The summed E-state index contributed by atoms with van der Waals surface area (Å²) < 4.78 is 0.423. The number of rotatable bonds is 8. The van der Waals surface area contributed by atoms with Gasteiger partial charge in [-0.1, -0.05) is 25.8 Å². The molecule has 2 rings (SSSR count). The van der Waals surface area contributed by atoms with Crippen LogP contribution >= 0.6 is 31.9 Å². The third-order valence-corrected chi connectivity index (χ3v) is 5.57. The Balaban J connectivity index is 0.00000450. The van der Waals surface area contributed by atoms with Crippen molar-refractivity contribution in [2.75, 3.05) is 0 Å². The van der Waals surface area contributed by atoms with Crippen LogP contribution in [0.3, 0.4) is 0 Å². The van der Waals surface area contributed by atoms with Gasteiger partial charge in [0.25, 0.3) is 0 Å². The van der Waals surface area contributed by atoms with Crippen LogP contribution in [-0.2, 0) is 0 Å². The van der Waals surface area contributed by atoms with E-state index in [0.717, 1.165) is 19.3 Å². The molecule has 0 radical (unpaired) electrons. The summed E-state index contributed by atoms with van der Waals surface area (Å²) in [7, 11) is 0. The fraction of sp³-hybridized carbons (Fsp3) is 0.238. The van der Waals surface area contributed by atoms with E-state index in [1.807, 2.05) is 6.08 Å². The van der Waals surface area contributed by atoms with Gasteiger partial charge in [0.15, 0.2) is 0 Å². The zero-order valence-electron chi connectivity index (χ0n) is 17.0. The lowest BCUT2D eigenvalue weighted by atomic mass is 9.93.